The smallest absolute Gasteiger partial charge is 0.233 e. The molecule has 1 aliphatic heterocycles. The fourth-order valence-corrected chi connectivity index (χ4v) is 2.59. The van der Waals surface area contributed by atoms with E-state index >= 15 is 0 Å². The van der Waals surface area contributed by atoms with Gasteiger partial charge in [0.05, 0.1) is 19.3 Å². The Morgan fingerprint density at radius 2 is 2.23 bits per heavy atom. The SMILES string of the molecule is COc1cc2c(nn1)CCN(Cc1noc(CC(C)C)n1)C2. The van der Waals surface area contributed by atoms with Crippen LogP contribution in [0.4, 0.5) is 0 Å². The molecule has 1 aliphatic rings. The summed E-state index contributed by atoms with van der Waals surface area (Å²) in [4.78, 5) is 6.75. The lowest BCUT2D eigenvalue weighted by Crippen LogP contribution is -2.31. The standard InChI is InChI=1S/C15H21N5O2/c1-10(2)6-14-16-13(19-22-14)9-20-5-4-12-11(8-20)7-15(21-3)18-17-12/h7,10H,4-6,8-9H2,1-3H3. The van der Waals surface area contributed by atoms with Crippen LogP contribution in [0.25, 0.3) is 0 Å². The number of rotatable bonds is 5. The Bertz CT molecular complexity index is 641. The molecule has 3 heterocycles. The van der Waals surface area contributed by atoms with E-state index in [1.807, 2.05) is 6.07 Å². The quantitative estimate of drug-likeness (QED) is 0.830. The fraction of sp³-hybridized carbons (Fsp3) is 0.600. The van der Waals surface area contributed by atoms with Gasteiger partial charge in [0.2, 0.25) is 11.8 Å². The van der Waals surface area contributed by atoms with E-state index in [2.05, 4.69) is 39.1 Å². The summed E-state index contributed by atoms with van der Waals surface area (Å²) in [5.41, 5.74) is 2.20. The van der Waals surface area contributed by atoms with Gasteiger partial charge in [-0.3, -0.25) is 4.90 Å². The molecule has 7 heteroatoms. The van der Waals surface area contributed by atoms with E-state index in [0.717, 1.165) is 48.9 Å². The van der Waals surface area contributed by atoms with Crippen molar-refractivity contribution in [2.75, 3.05) is 13.7 Å². The molecule has 2 aromatic rings. The minimum Gasteiger partial charge on any atom is -0.480 e. The normalized spacial score (nSPS) is 15.1. The summed E-state index contributed by atoms with van der Waals surface area (Å²) in [6.45, 7) is 6.68. The number of hydrogen-bond donors (Lipinski definition) is 0. The zero-order chi connectivity index (χ0) is 15.5. The Morgan fingerprint density at radius 3 is 3.00 bits per heavy atom. The topological polar surface area (TPSA) is 77.2 Å². The number of fused-ring (bicyclic) bond motifs is 1. The summed E-state index contributed by atoms with van der Waals surface area (Å²) < 4.78 is 10.4. The molecule has 0 bridgehead atoms. The molecular formula is C15H21N5O2. The first kappa shape index (κ1) is 14.9. The minimum atomic E-state index is 0.515. The van der Waals surface area contributed by atoms with E-state index in [0.29, 0.717) is 18.3 Å². The first-order valence-electron chi connectivity index (χ1n) is 7.57. The molecule has 0 saturated carbocycles. The van der Waals surface area contributed by atoms with Gasteiger partial charge >= 0.3 is 0 Å². The fourth-order valence-electron chi connectivity index (χ4n) is 2.59. The van der Waals surface area contributed by atoms with Crippen LogP contribution in [0.5, 0.6) is 5.88 Å². The molecular weight excluding hydrogens is 282 g/mol. The lowest BCUT2D eigenvalue weighted by molar-refractivity contribution is 0.231. The van der Waals surface area contributed by atoms with Crippen molar-refractivity contribution in [1.82, 2.24) is 25.2 Å². The number of aromatic nitrogens is 4. The third kappa shape index (κ3) is 3.41. The summed E-state index contributed by atoms with van der Waals surface area (Å²) in [7, 11) is 1.60. The van der Waals surface area contributed by atoms with Gasteiger partial charge in [-0.2, -0.15) is 10.1 Å². The van der Waals surface area contributed by atoms with Crippen LogP contribution in [0.1, 0.15) is 36.8 Å². The summed E-state index contributed by atoms with van der Waals surface area (Å²) in [5, 5.41) is 12.3. The van der Waals surface area contributed by atoms with Gasteiger partial charge in [-0.1, -0.05) is 19.0 Å². The van der Waals surface area contributed by atoms with Crippen molar-refractivity contribution < 1.29 is 9.26 Å². The molecule has 0 unspecified atom stereocenters. The van der Waals surface area contributed by atoms with Crippen molar-refractivity contribution in [1.29, 1.82) is 0 Å². The first-order valence-corrected chi connectivity index (χ1v) is 7.57. The van der Waals surface area contributed by atoms with Crippen LogP contribution in [0.2, 0.25) is 0 Å². The van der Waals surface area contributed by atoms with Gasteiger partial charge in [0, 0.05) is 32.0 Å². The van der Waals surface area contributed by atoms with Crippen LogP contribution in [-0.4, -0.2) is 38.9 Å². The first-order chi connectivity index (χ1) is 10.6. The Kier molecular flexibility index (Phi) is 4.33. The van der Waals surface area contributed by atoms with E-state index in [9.17, 15) is 0 Å². The van der Waals surface area contributed by atoms with Gasteiger partial charge in [0.1, 0.15) is 0 Å². The molecule has 0 atom stereocenters. The molecule has 0 saturated heterocycles. The van der Waals surface area contributed by atoms with Crippen LogP contribution in [0.3, 0.4) is 0 Å². The van der Waals surface area contributed by atoms with E-state index in [1.54, 1.807) is 7.11 Å². The van der Waals surface area contributed by atoms with E-state index in [1.165, 1.54) is 0 Å². The van der Waals surface area contributed by atoms with Crippen molar-refractivity contribution in [3.63, 3.8) is 0 Å². The van der Waals surface area contributed by atoms with Crippen molar-refractivity contribution in [3.05, 3.63) is 29.0 Å². The maximum Gasteiger partial charge on any atom is 0.233 e. The zero-order valence-corrected chi connectivity index (χ0v) is 13.2. The van der Waals surface area contributed by atoms with Gasteiger partial charge in [0.25, 0.3) is 0 Å². The summed E-state index contributed by atoms with van der Waals surface area (Å²) >= 11 is 0. The lowest BCUT2D eigenvalue weighted by atomic mass is 10.1. The Labute approximate surface area is 129 Å². The second-order valence-corrected chi connectivity index (χ2v) is 6.02. The molecule has 3 rings (SSSR count). The molecule has 0 amide bonds. The Balaban J connectivity index is 1.65. The summed E-state index contributed by atoms with van der Waals surface area (Å²) in [6, 6.07) is 1.95. The molecule has 22 heavy (non-hydrogen) atoms. The Morgan fingerprint density at radius 1 is 1.36 bits per heavy atom. The average Bonchev–Trinajstić information content (AvgIpc) is 2.92. The van der Waals surface area contributed by atoms with Gasteiger partial charge in [-0.15, -0.1) is 5.10 Å². The molecule has 2 aromatic heterocycles. The largest absolute Gasteiger partial charge is 0.480 e. The van der Waals surface area contributed by atoms with Crippen molar-refractivity contribution >= 4 is 0 Å². The highest BCUT2D eigenvalue weighted by Gasteiger charge is 2.20. The van der Waals surface area contributed by atoms with E-state index < -0.39 is 0 Å². The third-order valence-electron chi connectivity index (χ3n) is 3.66. The molecule has 0 fully saturated rings. The van der Waals surface area contributed by atoms with Crippen molar-refractivity contribution in [2.45, 2.75) is 39.8 Å². The lowest BCUT2D eigenvalue weighted by Gasteiger charge is -2.26. The highest BCUT2D eigenvalue weighted by Crippen LogP contribution is 2.20. The average molecular weight is 303 g/mol. The van der Waals surface area contributed by atoms with Gasteiger partial charge in [-0.25, -0.2) is 0 Å². The van der Waals surface area contributed by atoms with Crippen LogP contribution >= 0.6 is 0 Å². The van der Waals surface area contributed by atoms with Crippen molar-refractivity contribution in [3.8, 4) is 5.88 Å². The molecule has 0 aromatic carbocycles. The number of ether oxygens (including phenoxy) is 1. The highest BCUT2D eigenvalue weighted by molar-refractivity contribution is 5.26. The monoisotopic (exact) mass is 303 g/mol. The summed E-state index contributed by atoms with van der Waals surface area (Å²) in [5.74, 6) is 2.53. The number of methoxy groups -OCH3 is 1. The van der Waals surface area contributed by atoms with Crippen LogP contribution in [0.15, 0.2) is 10.6 Å². The Hall–Kier alpha value is -2.02. The molecule has 0 aliphatic carbocycles. The zero-order valence-electron chi connectivity index (χ0n) is 13.2. The number of hydrogen-bond acceptors (Lipinski definition) is 7. The summed E-state index contributed by atoms with van der Waals surface area (Å²) in [6.07, 6.45) is 1.70. The van der Waals surface area contributed by atoms with Crippen LogP contribution < -0.4 is 4.74 Å². The minimum absolute atomic E-state index is 0.515. The molecule has 0 spiro atoms. The van der Waals surface area contributed by atoms with Crippen molar-refractivity contribution in [2.24, 2.45) is 5.92 Å². The van der Waals surface area contributed by atoms with E-state index in [4.69, 9.17) is 9.26 Å². The second kappa shape index (κ2) is 6.39. The van der Waals surface area contributed by atoms with Crippen LogP contribution in [-0.2, 0) is 25.9 Å². The molecule has 118 valence electrons. The van der Waals surface area contributed by atoms with Gasteiger partial charge in [-0.05, 0) is 11.5 Å². The molecule has 0 radical (unpaired) electrons. The maximum absolute atomic E-state index is 5.29. The predicted molar refractivity (Wildman–Crippen MR) is 79.2 cm³/mol. The molecule has 7 nitrogen and oxygen atoms in total. The third-order valence-corrected chi connectivity index (χ3v) is 3.66. The van der Waals surface area contributed by atoms with Gasteiger partial charge < -0.3 is 9.26 Å². The predicted octanol–water partition coefficient (Wildman–Crippen LogP) is 1.62. The maximum atomic E-state index is 5.29. The van der Waals surface area contributed by atoms with Crippen LogP contribution in [0, 0.1) is 5.92 Å². The number of nitrogens with zero attached hydrogens (tertiary/aromatic N) is 5. The molecule has 0 N–H and O–H groups in total. The van der Waals surface area contributed by atoms with E-state index in [-0.39, 0.29) is 0 Å². The second-order valence-electron chi connectivity index (χ2n) is 6.02. The van der Waals surface area contributed by atoms with Gasteiger partial charge in [0.15, 0.2) is 5.82 Å². The highest BCUT2D eigenvalue weighted by atomic mass is 16.5.